The second kappa shape index (κ2) is 7.28. The number of anilines is 1. The lowest BCUT2D eigenvalue weighted by Gasteiger charge is -2.35. The molecule has 2 bridgehead atoms. The van der Waals surface area contributed by atoms with Crippen molar-refractivity contribution in [2.45, 2.75) is 75.6 Å². The molecule has 0 aliphatic carbocycles. The molecule has 2 fully saturated rings. The van der Waals surface area contributed by atoms with Crippen molar-refractivity contribution >= 4 is 16.0 Å². The van der Waals surface area contributed by atoms with Gasteiger partial charge < -0.3 is 10.0 Å². The summed E-state index contributed by atoms with van der Waals surface area (Å²) in [5, 5.41) is 14.2. The number of piperidine rings is 1. The number of nitrogens with zero attached hydrogens (tertiary/aromatic N) is 6. The first kappa shape index (κ1) is 19.9. The van der Waals surface area contributed by atoms with E-state index in [2.05, 4.69) is 10.1 Å². The van der Waals surface area contributed by atoms with Crippen molar-refractivity contribution in [1.29, 1.82) is 0 Å². The quantitative estimate of drug-likeness (QED) is 0.779. The van der Waals surface area contributed by atoms with Gasteiger partial charge in [0.2, 0.25) is 16.0 Å². The fraction of sp³-hybridized carbons (Fsp3) is 0.650. The van der Waals surface area contributed by atoms with E-state index in [9.17, 15) is 13.5 Å². The van der Waals surface area contributed by atoms with Crippen molar-refractivity contribution in [1.82, 2.24) is 24.1 Å². The molecule has 2 aromatic rings. The van der Waals surface area contributed by atoms with Gasteiger partial charge in [-0.15, -0.1) is 0 Å². The van der Waals surface area contributed by atoms with E-state index in [0.717, 1.165) is 43.5 Å². The number of rotatable bonds is 4. The normalized spacial score (nSPS) is 26.8. The Labute approximate surface area is 176 Å². The highest BCUT2D eigenvalue weighted by Gasteiger charge is 2.48. The zero-order valence-electron chi connectivity index (χ0n) is 17.4. The maximum atomic E-state index is 13.6. The van der Waals surface area contributed by atoms with Crippen molar-refractivity contribution in [3.63, 3.8) is 0 Å². The molecule has 5 rings (SSSR count). The lowest BCUT2D eigenvalue weighted by atomic mass is 10.0. The maximum absolute atomic E-state index is 13.6. The number of aromatic nitrogens is 4. The number of aliphatic hydroxyl groups excluding tert-OH is 1. The van der Waals surface area contributed by atoms with Crippen LogP contribution in [0.5, 0.6) is 0 Å². The van der Waals surface area contributed by atoms with Gasteiger partial charge in [0.05, 0.1) is 29.7 Å². The third-order valence-electron chi connectivity index (χ3n) is 6.71. The second-order valence-corrected chi connectivity index (χ2v) is 10.3. The Morgan fingerprint density at radius 2 is 2.07 bits per heavy atom. The average Bonchev–Trinajstić information content (AvgIpc) is 3.27. The largest absolute Gasteiger partial charge is 0.391 e. The summed E-state index contributed by atoms with van der Waals surface area (Å²) in [7, 11) is -3.65. The summed E-state index contributed by atoms with van der Waals surface area (Å²) in [4.78, 5) is 11.7. The van der Waals surface area contributed by atoms with Gasteiger partial charge in [0, 0.05) is 43.9 Å². The Morgan fingerprint density at radius 1 is 1.23 bits per heavy atom. The summed E-state index contributed by atoms with van der Waals surface area (Å²) in [5.41, 5.74) is 2.53. The van der Waals surface area contributed by atoms with Crippen LogP contribution < -0.4 is 4.90 Å². The highest BCUT2D eigenvalue weighted by atomic mass is 32.2. The van der Waals surface area contributed by atoms with E-state index in [1.54, 1.807) is 15.2 Å². The van der Waals surface area contributed by atoms with Gasteiger partial charge in [0.25, 0.3) is 0 Å². The molecule has 0 saturated carbocycles. The Bertz CT molecular complexity index is 1070. The molecule has 3 aliphatic heterocycles. The number of aliphatic hydroxyl groups is 1. The average molecular weight is 433 g/mol. The number of hydrogen-bond donors (Lipinski definition) is 1. The monoisotopic (exact) mass is 432 g/mol. The van der Waals surface area contributed by atoms with Gasteiger partial charge in [-0.3, -0.25) is 4.68 Å². The minimum absolute atomic E-state index is 0.0911. The summed E-state index contributed by atoms with van der Waals surface area (Å²) >= 11 is 0. The zero-order valence-corrected chi connectivity index (χ0v) is 18.2. The molecule has 0 radical (unpaired) electrons. The number of fused-ring (bicyclic) bond motifs is 4. The lowest BCUT2D eigenvalue weighted by molar-refractivity contribution is 0.153. The van der Waals surface area contributed by atoms with E-state index < -0.39 is 10.0 Å². The lowest BCUT2D eigenvalue weighted by Crippen LogP contribution is -2.43. The molecule has 5 heterocycles. The summed E-state index contributed by atoms with van der Waals surface area (Å²) in [5.74, 6) is 0.642. The van der Waals surface area contributed by atoms with Crippen LogP contribution in [0, 0.1) is 6.92 Å². The standard InChI is InChI=1S/C20H28N6O3S/c1-3-25-13(2)19(11-22-25)30(28,29)26-14-6-7-18(26)16-10-21-20(23-17(16)9-14)24-8-4-5-15(27)12-24/h10-11,14-15,18,27H,3-9,12H2,1-2H3/t14-,15+,18-/m1/s1. The van der Waals surface area contributed by atoms with Gasteiger partial charge in [-0.25, -0.2) is 18.4 Å². The molecule has 3 aliphatic rings. The van der Waals surface area contributed by atoms with Crippen molar-refractivity contribution in [3.8, 4) is 0 Å². The molecule has 3 atom stereocenters. The minimum Gasteiger partial charge on any atom is -0.391 e. The van der Waals surface area contributed by atoms with Crippen LogP contribution in [0.2, 0.25) is 0 Å². The van der Waals surface area contributed by atoms with Crippen molar-refractivity contribution < 1.29 is 13.5 Å². The van der Waals surface area contributed by atoms with E-state index >= 15 is 0 Å². The SMILES string of the molecule is CCn1ncc(S(=O)(=O)N2[C@@H]3CC[C@@H]2c2cnc(N4CCC[C@H](O)C4)nc2C3)c1C. The highest BCUT2D eigenvalue weighted by Crippen LogP contribution is 2.46. The van der Waals surface area contributed by atoms with Crippen LogP contribution >= 0.6 is 0 Å². The first-order chi connectivity index (χ1) is 14.4. The third kappa shape index (κ3) is 3.04. The fourth-order valence-electron chi connectivity index (χ4n) is 5.19. The summed E-state index contributed by atoms with van der Waals surface area (Å²) in [6.07, 6.45) is 6.86. The Balaban J connectivity index is 1.48. The molecule has 2 saturated heterocycles. The van der Waals surface area contributed by atoms with E-state index in [0.29, 0.717) is 36.0 Å². The first-order valence-corrected chi connectivity index (χ1v) is 12.2. The Hall–Kier alpha value is -2.04. The topological polar surface area (TPSA) is 104 Å². The smallest absolute Gasteiger partial charge is 0.247 e. The van der Waals surface area contributed by atoms with Gasteiger partial charge in [-0.1, -0.05) is 0 Å². The van der Waals surface area contributed by atoms with Gasteiger partial charge in [-0.05, 0) is 39.5 Å². The van der Waals surface area contributed by atoms with Gasteiger partial charge in [0.1, 0.15) is 4.90 Å². The van der Waals surface area contributed by atoms with E-state index in [-0.39, 0.29) is 18.2 Å². The Morgan fingerprint density at radius 3 is 2.80 bits per heavy atom. The molecule has 0 spiro atoms. The molecule has 9 nitrogen and oxygen atoms in total. The number of β-amino-alcohol motifs (C(OH)–C–C–N with tert-alkyl or cyclic N) is 1. The van der Waals surface area contributed by atoms with Gasteiger partial charge >= 0.3 is 0 Å². The highest BCUT2D eigenvalue weighted by molar-refractivity contribution is 7.89. The molecule has 30 heavy (non-hydrogen) atoms. The number of hydrogen-bond acceptors (Lipinski definition) is 7. The van der Waals surface area contributed by atoms with Gasteiger partial charge in [0.15, 0.2) is 0 Å². The number of sulfonamides is 1. The summed E-state index contributed by atoms with van der Waals surface area (Å²) < 4.78 is 30.5. The zero-order chi connectivity index (χ0) is 21.0. The molecule has 10 heteroatoms. The molecular formula is C20H28N6O3S. The van der Waals surface area contributed by atoms with Crippen molar-refractivity contribution in [2.75, 3.05) is 18.0 Å². The van der Waals surface area contributed by atoms with Crippen LogP contribution in [0.25, 0.3) is 0 Å². The molecule has 0 amide bonds. The van der Waals surface area contributed by atoms with Crippen LogP contribution in [0.3, 0.4) is 0 Å². The summed E-state index contributed by atoms with van der Waals surface area (Å²) in [6, 6.07) is -0.319. The predicted octanol–water partition coefficient (Wildman–Crippen LogP) is 1.41. The molecule has 0 unspecified atom stereocenters. The number of aryl methyl sites for hydroxylation is 1. The van der Waals surface area contributed by atoms with Crippen LogP contribution in [-0.4, -0.2) is 62.8 Å². The van der Waals surface area contributed by atoms with E-state index in [4.69, 9.17) is 4.98 Å². The molecule has 2 aromatic heterocycles. The van der Waals surface area contributed by atoms with E-state index in [1.165, 1.54) is 6.20 Å². The molecule has 0 aromatic carbocycles. The van der Waals surface area contributed by atoms with Crippen molar-refractivity contribution in [3.05, 3.63) is 29.3 Å². The molecular weight excluding hydrogens is 404 g/mol. The van der Waals surface area contributed by atoms with Crippen LogP contribution in [0.1, 0.15) is 55.6 Å². The van der Waals surface area contributed by atoms with Crippen LogP contribution in [0.4, 0.5) is 5.95 Å². The predicted molar refractivity (Wildman–Crippen MR) is 111 cm³/mol. The third-order valence-corrected chi connectivity index (χ3v) is 8.77. The molecule has 162 valence electrons. The fourth-order valence-corrected chi connectivity index (χ4v) is 7.20. The second-order valence-electron chi connectivity index (χ2n) is 8.51. The van der Waals surface area contributed by atoms with E-state index in [1.807, 2.05) is 18.7 Å². The minimum atomic E-state index is -3.65. The van der Waals surface area contributed by atoms with Crippen LogP contribution in [0.15, 0.2) is 17.3 Å². The Kier molecular flexibility index (Phi) is 4.83. The van der Waals surface area contributed by atoms with Crippen molar-refractivity contribution in [2.24, 2.45) is 0 Å². The van der Waals surface area contributed by atoms with Crippen LogP contribution in [-0.2, 0) is 23.0 Å². The maximum Gasteiger partial charge on any atom is 0.247 e. The molecule has 1 N–H and O–H groups in total. The first-order valence-electron chi connectivity index (χ1n) is 10.7. The van der Waals surface area contributed by atoms with Gasteiger partial charge in [-0.2, -0.15) is 9.40 Å². The summed E-state index contributed by atoms with van der Waals surface area (Å²) in [6.45, 7) is 5.79.